The van der Waals surface area contributed by atoms with Crippen LogP contribution in [0.1, 0.15) is 29.9 Å². The molecule has 1 N–H and O–H groups in total. The van der Waals surface area contributed by atoms with Gasteiger partial charge < -0.3 is 19.0 Å². The van der Waals surface area contributed by atoms with E-state index in [1.54, 1.807) is 6.07 Å². The zero-order valence-corrected chi connectivity index (χ0v) is 15.7. The molecule has 0 saturated carbocycles. The van der Waals surface area contributed by atoms with Gasteiger partial charge in [0.05, 0.1) is 11.6 Å². The highest BCUT2D eigenvalue weighted by atomic mass is 16.5. The van der Waals surface area contributed by atoms with Gasteiger partial charge in [0.25, 0.3) is 5.91 Å². The molecule has 2 heterocycles. The second-order valence-corrected chi connectivity index (χ2v) is 6.89. The molecule has 0 atom stereocenters. The minimum atomic E-state index is -0.129. The van der Waals surface area contributed by atoms with Crippen molar-refractivity contribution in [2.45, 2.75) is 26.5 Å². The lowest BCUT2D eigenvalue weighted by molar-refractivity contribution is 0.0943. The number of furan rings is 1. The maximum atomic E-state index is 12.7. The van der Waals surface area contributed by atoms with Crippen molar-refractivity contribution in [2.75, 3.05) is 0 Å². The summed E-state index contributed by atoms with van der Waals surface area (Å²) in [4.78, 5) is 12.7. The number of para-hydroxylation sites is 1. The van der Waals surface area contributed by atoms with Gasteiger partial charge in [0, 0.05) is 25.0 Å². The monoisotopic (exact) mass is 362 g/mol. The van der Waals surface area contributed by atoms with Crippen LogP contribution in [0.4, 0.5) is 0 Å². The molecule has 0 fully saturated rings. The Morgan fingerprint density at radius 1 is 1.11 bits per heavy atom. The highest BCUT2D eigenvalue weighted by Gasteiger charge is 2.18. The summed E-state index contributed by atoms with van der Waals surface area (Å²) in [6.45, 7) is 4.44. The molecule has 5 heteroatoms. The smallest absolute Gasteiger partial charge is 0.268 e. The average Bonchev–Trinajstić information content (AvgIpc) is 3.17. The van der Waals surface area contributed by atoms with Crippen LogP contribution in [0, 0.1) is 0 Å². The molecule has 0 saturated heterocycles. The number of amides is 1. The van der Waals surface area contributed by atoms with Crippen LogP contribution in [0.25, 0.3) is 22.1 Å². The second-order valence-electron chi connectivity index (χ2n) is 6.89. The Morgan fingerprint density at radius 2 is 1.85 bits per heavy atom. The van der Waals surface area contributed by atoms with E-state index >= 15 is 0 Å². The number of rotatable bonds is 5. The number of benzene rings is 2. The van der Waals surface area contributed by atoms with Crippen molar-refractivity contribution in [2.24, 2.45) is 7.05 Å². The molecule has 27 heavy (non-hydrogen) atoms. The maximum Gasteiger partial charge on any atom is 0.268 e. The Hall–Kier alpha value is -3.21. The van der Waals surface area contributed by atoms with Crippen molar-refractivity contribution in [1.82, 2.24) is 9.88 Å². The van der Waals surface area contributed by atoms with Crippen LogP contribution in [-0.2, 0) is 13.6 Å². The number of hydrogen-bond donors (Lipinski definition) is 1. The zero-order chi connectivity index (χ0) is 19.0. The van der Waals surface area contributed by atoms with E-state index in [1.165, 1.54) is 0 Å². The van der Waals surface area contributed by atoms with E-state index in [9.17, 15) is 4.79 Å². The fraction of sp³-hybridized carbons (Fsp3) is 0.227. The lowest BCUT2D eigenvalue weighted by Gasteiger charge is -2.10. The Labute approximate surface area is 157 Å². The second kappa shape index (κ2) is 6.83. The van der Waals surface area contributed by atoms with Gasteiger partial charge in [-0.2, -0.15) is 0 Å². The van der Waals surface area contributed by atoms with Crippen molar-refractivity contribution in [3.63, 3.8) is 0 Å². The van der Waals surface area contributed by atoms with Crippen LogP contribution in [0.2, 0.25) is 0 Å². The molecule has 4 aromatic rings. The molecule has 0 aliphatic heterocycles. The van der Waals surface area contributed by atoms with Gasteiger partial charge in [-0.15, -0.1) is 0 Å². The van der Waals surface area contributed by atoms with Gasteiger partial charge in [0.2, 0.25) is 0 Å². The molecular weight excluding hydrogens is 340 g/mol. The molecule has 138 valence electrons. The van der Waals surface area contributed by atoms with Crippen molar-refractivity contribution < 1.29 is 13.9 Å². The molecule has 4 rings (SSSR count). The molecule has 0 unspecified atom stereocenters. The molecule has 0 aliphatic rings. The first-order chi connectivity index (χ1) is 13.0. The van der Waals surface area contributed by atoms with E-state index in [0.717, 1.165) is 33.4 Å². The predicted octanol–water partition coefficient (Wildman–Crippen LogP) is 4.64. The third-order valence-electron chi connectivity index (χ3n) is 4.54. The largest absolute Gasteiger partial charge is 0.491 e. The SMILES string of the molecule is CC(C)Oc1ccc(CNC(=O)c2cc3oc4ccccc4c3n2C)cc1. The van der Waals surface area contributed by atoms with Gasteiger partial charge in [-0.25, -0.2) is 0 Å². The fourth-order valence-corrected chi connectivity index (χ4v) is 3.28. The van der Waals surface area contributed by atoms with Gasteiger partial charge in [0.15, 0.2) is 5.58 Å². The summed E-state index contributed by atoms with van der Waals surface area (Å²) in [5, 5.41) is 3.98. The van der Waals surface area contributed by atoms with E-state index in [-0.39, 0.29) is 12.0 Å². The van der Waals surface area contributed by atoms with Crippen molar-refractivity contribution in [3.8, 4) is 5.75 Å². The van der Waals surface area contributed by atoms with Crippen LogP contribution >= 0.6 is 0 Å². The topological polar surface area (TPSA) is 56.4 Å². The molecule has 0 spiro atoms. The molecule has 1 amide bonds. The maximum absolute atomic E-state index is 12.7. The summed E-state index contributed by atoms with van der Waals surface area (Å²) in [7, 11) is 1.89. The number of carbonyl (C=O) groups excluding carboxylic acids is 1. The van der Waals surface area contributed by atoms with Gasteiger partial charge in [-0.05, 0) is 43.7 Å². The quantitative estimate of drug-likeness (QED) is 0.563. The van der Waals surface area contributed by atoms with Crippen LogP contribution in [0.5, 0.6) is 5.75 Å². The molecule has 0 aliphatic carbocycles. The van der Waals surface area contributed by atoms with Crippen LogP contribution in [-0.4, -0.2) is 16.6 Å². The van der Waals surface area contributed by atoms with Crippen LogP contribution in [0.15, 0.2) is 59.0 Å². The van der Waals surface area contributed by atoms with Gasteiger partial charge >= 0.3 is 0 Å². The highest BCUT2D eigenvalue weighted by molar-refractivity contribution is 6.07. The minimum absolute atomic E-state index is 0.129. The lowest BCUT2D eigenvalue weighted by atomic mass is 10.2. The summed E-state index contributed by atoms with van der Waals surface area (Å²) >= 11 is 0. The molecule has 2 aromatic carbocycles. The first-order valence-electron chi connectivity index (χ1n) is 9.03. The number of hydrogen-bond acceptors (Lipinski definition) is 3. The van der Waals surface area contributed by atoms with Gasteiger partial charge in [-0.1, -0.05) is 24.3 Å². The summed E-state index contributed by atoms with van der Waals surface area (Å²) in [5.41, 5.74) is 4.08. The Bertz CT molecular complexity index is 1100. The highest BCUT2D eigenvalue weighted by Crippen LogP contribution is 2.30. The summed E-state index contributed by atoms with van der Waals surface area (Å²) in [5.74, 6) is 0.699. The number of nitrogens with zero attached hydrogens (tertiary/aromatic N) is 1. The van der Waals surface area contributed by atoms with E-state index in [1.807, 2.05) is 74.0 Å². The summed E-state index contributed by atoms with van der Waals surface area (Å²) in [6, 6.07) is 17.4. The summed E-state index contributed by atoms with van der Waals surface area (Å²) < 4.78 is 13.4. The molecule has 2 aromatic heterocycles. The number of ether oxygens (including phenoxy) is 1. The van der Waals surface area contributed by atoms with E-state index in [4.69, 9.17) is 9.15 Å². The molecule has 5 nitrogen and oxygen atoms in total. The van der Waals surface area contributed by atoms with Gasteiger partial charge in [0.1, 0.15) is 17.0 Å². The van der Waals surface area contributed by atoms with Crippen molar-refractivity contribution in [1.29, 1.82) is 0 Å². The average molecular weight is 362 g/mol. The first-order valence-corrected chi connectivity index (χ1v) is 9.03. The van der Waals surface area contributed by atoms with E-state index in [0.29, 0.717) is 12.2 Å². The van der Waals surface area contributed by atoms with Crippen molar-refractivity contribution in [3.05, 3.63) is 65.9 Å². The fourth-order valence-electron chi connectivity index (χ4n) is 3.28. The molecule has 0 radical (unpaired) electrons. The Morgan fingerprint density at radius 3 is 2.59 bits per heavy atom. The number of nitrogens with one attached hydrogen (secondary N) is 1. The Balaban J connectivity index is 1.50. The third-order valence-corrected chi connectivity index (χ3v) is 4.54. The van der Waals surface area contributed by atoms with Crippen LogP contribution in [0.3, 0.4) is 0 Å². The standard InChI is InChI=1S/C22H22N2O3/c1-14(2)26-16-10-8-15(9-11-16)13-23-22(25)18-12-20-21(24(18)3)17-6-4-5-7-19(17)27-20/h4-12,14H,13H2,1-3H3,(H,23,25). The lowest BCUT2D eigenvalue weighted by Crippen LogP contribution is -2.24. The van der Waals surface area contributed by atoms with E-state index in [2.05, 4.69) is 5.32 Å². The normalized spacial score (nSPS) is 11.4. The van der Waals surface area contributed by atoms with Crippen molar-refractivity contribution >= 4 is 28.0 Å². The number of carbonyl (C=O) groups is 1. The zero-order valence-electron chi connectivity index (χ0n) is 15.7. The van der Waals surface area contributed by atoms with Gasteiger partial charge in [-0.3, -0.25) is 4.79 Å². The molecule has 0 bridgehead atoms. The summed E-state index contributed by atoms with van der Waals surface area (Å²) in [6.07, 6.45) is 0.141. The van der Waals surface area contributed by atoms with Crippen LogP contribution < -0.4 is 10.1 Å². The van der Waals surface area contributed by atoms with E-state index < -0.39 is 0 Å². The first kappa shape index (κ1) is 17.2. The number of aromatic nitrogens is 1. The Kier molecular flexibility index (Phi) is 4.36. The predicted molar refractivity (Wildman–Crippen MR) is 106 cm³/mol. The molecular formula is C22H22N2O3. The third kappa shape index (κ3) is 3.28. The number of fused-ring (bicyclic) bond motifs is 3. The minimum Gasteiger partial charge on any atom is -0.491 e. The number of aryl methyl sites for hydroxylation is 1.